The van der Waals surface area contributed by atoms with E-state index >= 15 is 0 Å². The van der Waals surface area contributed by atoms with Gasteiger partial charge in [0.15, 0.2) is 0 Å². The van der Waals surface area contributed by atoms with E-state index in [1.807, 2.05) is 0 Å². The van der Waals surface area contributed by atoms with Crippen molar-refractivity contribution in [3.05, 3.63) is 99.6 Å². The fourth-order valence-corrected chi connectivity index (χ4v) is 4.32. The maximum Gasteiger partial charge on any atom is 0.335 e. The van der Waals surface area contributed by atoms with Crippen LogP contribution in [0.25, 0.3) is 5.76 Å². The number of hydrogen-bond donors (Lipinski definition) is 2. The minimum absolute atomic E-state index is 0.00499. The van der Waals surface area contributed by atoms with Gasteiger partial charge in [-0.15, -0.1) is 0 Å². The van der Waals surface area contributed by atoms with E-state index in [0.717, 1.165) is 0 Å². The van der Waals surface area contributed by atoms with Crippen LogP contribution >= 0.6 is 11.6 Å². The normalized spacial score (nSPS) is 16.8. The summed E-state index contributed by atoms with van der Waals surface area (Å²) >= 11 is 6.33. The Kier molecular flexibility index (Phi) is 6.98. The fraction of sp³-hybridized carbons (Fsp3) is 0.148. The number of nitrogens with zero attached hydrogens (tertiary/aromatic N) is 1. The van der Waals surface area contributed by atoms with E-state index in [1.165, 1.54) is 43.4 Å². The van der Waals surface area contributed by atoms with Crippen molar-refractivity contribution < 1.29 is 34.1 Å². The first-order valence-electron chi connectivity index (χ1n) is 10.8. The lowest BCUT2D eigenvalue weighted by molar-refractivity contribution is -0.140. The minimum Gasteiger partial charge on any atom is -0.507 e. The summed E-state index contributed by atoms with van der Waals surface area (Å²) in [6, 6.07) is 16.5. The molecule has 0 saturated carbocycles. The molecule has 1 amide bonds. The Morgan fingerprint density at radius 2 is 1.61 bits per heavy atom. The van der Waals surface area contributed by atoms with Gasteiger partial charge in [-0.2, -0.15) is 0 Å². The van der Waals surface area contributed by atoms with E-state index in [9.17, 15) is 19.5 Å². The number of carboxylic acids is 1. The van der Waals surface area contributed by atoms with Crippen LogP contribution in [0.2, 0.25) is 5.02 Å². The zero-order valence-corrected chi connectivity index (χ0v) is 20.2. The van der Waals surface area contributed by atoms with Crippen molar-refractivity contribution >= 4 is 35.0 Å². The molecule has 1 unspecified atom stereocenters. The number of Topliss-reactive ketones (excluding diaryl/α,β-unsaturated/α-hetero) is 1. The number of ketones is 1. The number of aromatic carboxylic acids is 1. The molecule has 0 aromatic heterocycles. The zero-order valence-electron chi connectivity index (χ0n) is 19.4. The van der Waals surface area contributed by atoms with Crippen molar-refractivity contribution in [3.8, 4) is 11.5 Å². The number of hydrogen-bond acceptors (Lipinski definition) is 6. The number of carboxylic acid groups (broad SMARTS) is 1. The van der Waals surface area contributed by atoms with Crippen molar-refractivity contribution in [2.45, 2.75) is 12.6 Å². The zero-order chi connectivity index (χ0) is 26.0. The first-order chi connectivity index (χ1) is 17.2. The summed E-state index contributed by atoms with van der Waals surface area (Å²) in [5.74, 6) is -2.29. The molecule has 1 saturated heterocycles. The lowest BCUT2D eigenvalue weighted by Gasteiger charge is -2.26. The second-order valence-electron chi connectivity index (χ2n) is 8.05. The monoisotopic (exact) mass is 507 g/mol. The molecule has 3 aromatic rings. The quantitative estimate of drug-likeness (QED) is 0.271. The third-order valence-electron chi connectivity index (χ3n) is 5.93. The molecular weight excluding hydrogens is 486 g/mol. The maximum absolute atomic E-state index is 13.3. The Labute approximate surface area is 211 Å². The number of aliphatic hydroxyl groups excluding tert-OH is 1. The second-order valence-corrected chi connectivity index (χ2v) is 8.46. The topological polar surface area (TPSA) is 113 Å². The number of aliphatic hydroxyl groups is 1. The first kappa shape index (κ1) is 24.8. The lowest BCUT2D eigenvalue weighted by Crippen LogP contribution is -2.29. The van der Waals surface area contributed by atoms with Crippen LogP contribution in [0.5, 0.6) is 11.5 Å². The molecule has 0 aliphatic carbocycles. The number of likely N-dealkylation sites (tertiary alicyclic amines) is 1. The molecule has 0 spiro atoms. The molecule has 184 valence electrons. The fourth-order valence-electron chi connectivity index (χ4n) is 4.11. The average molecular weight is 508 g/mol. The smallest absolute Gasteiger partial charge is 0.335 e. The summed E-state index contributed by atoms with van der Waals surface area (Å²) in [5.41, 5.74) is 1.25. The van der Waals surface area contributed by atoms with E-state index in [1.54, 1.807) is 42.5 Å². The van der Waals surface area contributed by atoms with Crippen LogP contribution < -0.4 is 9.47 Å². The van der Waals surface area contributed by atoms with Crippen LogP contribution in [0.3, 0.4) is 0 Å². The van der Waals surface area contributed by atoms with E-state index in [4.69, 9.17) is 26.2 Å². The van der Waals surface area contributed by atoms with Crippen LogP contribution in [-0.2, 0) is 16.1 Å². The molecule has 8 nitrogen and oxygen atoms in total. The molecule has 0 radical (unpaired) electrons. The lowest BCUT2D eigenvalue weighted by atomic mass is 9.95. The van der Waals surface area contributed by atoms with Crippen molar-refractivity contribution in [3.63, 3.8) is 0 Å². The summed E-state index contributed by atoms with van der Waals surface area (Å²) < 4.78 is 10.6. The molecule has 0 bridgehead atoms. The molecule has 9 heteroatoms. The van der Waals surface area contributed by atoms with Gasteiger partial charge in [-0.05, 0) is 53.6 Å². The van der Waals surface area contributed by atoms with Crippen molar-refractivity contribution in [2.24, 2.45) is 0 Å². The number of ether oxygens (including phenoxy) is 2. The highest BCUT2D eigenvalue weighted by atomic mass is 35.5. The van der Waals surface area contributed by atoms with Gasteiger partial charge in [-0.25, -0.2) is 4.79 Å². The molecule has 1 fully saturated rings. The van der Waals surface area contributed by atoms with Gasteiger partial charge in [0.1, 0.15) is 17.3 Å². The molecule has 1 heterocycles. The Morgan fingerprint density at radius 3 is 2.25 bits per heavy atom. The van der Waals surface area contributed by atoms with Crippen LogP contribution in [0.1, 0.15) is 33.1 Å². The highest BCUT2D eigenvalue weighted by molar-refractivity contribution is 6.47. The van der Waals surface area contributed by atoms with Crippen LogP contribution in [0.15, 0.2) is 72.3 Å². The van der Waals surface area contributed by atoms with Crippen molar-refractivity contribution in [1.29, 1.82) is 0 Å². The molecule has 1 atom stereocenters. The number of benzene rings is 3. The highest BCUT2D eigenvalue weighted by Crippen LogP contribution is 2.42. The van der Waals surface area contributed by atoms with Gasteiger partial charge in [-0.3, -0.25) is 9.59 Å². The molecular formula is C27H22ClNO7. The number of halogens is 1. The predicted molar refractivity (Wildman–Crippen MR) is 132 cm³/mol. The molecule has 4 rings (SSSR count). The minimum atomic E-state index is -1.08. The van der Waals surface area contributed by atoms with Crippen LogP contribution in [0, 0.1) is 0 Å². The maximum atomic E-state index is 13.3. The van der Waals surface area contributed by atoms with Crippen molar-refractivity contribution in [2.75, 3.05) is 14.2 Å². The van der Waals surface area contributed by atoms with E-state index in [2.05, 4.69) is 0 Å². The largest absolute Gasteiger partial charge is 0.507 e. The summed E-state index contributed by atoms with van der Waals surface area (Å²) in [6.45, 7) is -0.00499. The van der Waals surface area contributed by atoms with Gasteiger partial charge in [0.25, 0.3) is 11.7 Å². The Hall–Kier alpha value is -4.30. The second kappa shape index (κ2) is 10.1. The molecule has 3 aromatic carbocycles. The molecule has 1 aliphatic heterocycles. The number of carbonyl (C=O) groups excluding carboxylic acids is 2. The Bertz CT molecular complexity index is 1380. The van der Waals surface area contributed by atoms with E-state index in [0.29, 0.717) is 22.6 Å². The average Bonchev–Trinajstić information content (AvgIpc) is 3.14. The highest BCUT2D eigenvalue weighted by Gasteiger charge is 2.46. The first-order valence-corrected chi connectivity index (χ1v) is 11.2. The van der Waals surface area contributed by atoms with Gasteiger partial charge >= 0.3 is 5.97 Å². The van der Waals surface area contributed by atoms with Gasteiger partial charge < -0.3 is 24.6 Å². The van der Waals surface area contributed by atoms with Gasteiger partial charge in [0.2, 0.25) is 0 Å². The van der Waals surface area contributed by atoms with Gasteiger partial charge in [-0.1, -0.05) is 35.9 Å². The van der Waals surface area contributed by atoms with E-state index < -0.39 is 29.5 Å². The van der Waals surface area contributed by atoms with E-state index in [-0.39, 0.29) is 28.3 Å². The summed E-state index contributed by atoms with van der Waals surface area (Å²) in [4.78, 5) is 39.0. The number of amides is 1. The summed E-state index contributed by atoms with van der Waals surface area (Å²) in [5, 5.41) is 20.6. The number of methoxy groups -OCH3 is 2. The van der Waals surface area contributed by atoms with Crippen molar-refractivity contribution in [1.82, 2.24) is 4.90 Å². The SMILES string of the molecule is COc1cccc(C2/C(=C(\O)c3cc(OC)ccc3Cl)C(=O)C(=O)N2Cc2ccc(C(=O)O)cc2)c1. The standard InChI is InChI=1S/C27H22ClNO7/c1-35-18-5-3-4-17(12-18)23-22(24(30)20-13-19(36-2)10-11-21(20)28)25(31)26(32)29(23)14-15-6-8-16(9-7-15)27(33)34/h3-13,23,30H,14H2,1-2H3,(H,33,34)/b24-22+. The molecule has 36 heavy (non-hydrogen) atoms. The summed E-state index contributed by atoms with van der Waals surface area (Å²) in [6.07, 6.45) is 0. The van der Waals surface area contributed by atoms with Gasteiger partial charge in [0.05, 0.1) is 36.4 Å². The molecule has 1 aliphatic rings. The number of carbonyl (C=O) groups is 3. The third-order valence-corrected chi connectivity index (χ3v) is 6.26. The van der Waals surface area contributed by atoms with Crippen LogP contribution in [0.4, 0.5) is 0 Å². The Morgan fingerprint density at radius 1 is 0.944 bits per heavy atom. The third kappa shape index (κ3) is 4.63. The predicted octanol–water partition coefficient (Wildman–Crippen LogP) is 4.68. The van der Waals surface area contributed by atoms with Crippen LogP contribution in [-0.4, -0.2) is 47.0 Å². The number of rotatable bonds is 7. The molecule has 2 N–H and O–H groups in total. The Balaban J connectivity index is 1.87. The summed E-state index contributed by atoms with van der Waals surface area (Å²) in [7, 11) is 2.95. The van der Waals surface area contributed by atoms with Gasteiger partial charge in [0, 0.05) is 12.1 Å².